The van der Waals surface area contributed by atoms with Crippen LogP contribution in [0, 0.1) is 0 Å². The third-order valence-electron chi connectivity index (χ3n) is 2.82. The zero-order chi connectivity index (χ0) is 16.4. The van der Waals surface area contributed by atoms with Crippen LogP contribution in [0.5, 0.6) is 0 Å². The molecule has 120 valence electrons. The lowest BCUT2D eigenvalue weighted by Gasteiger charge is -2.13. The van der Waals surface area contributed by atoms with E-state index in [0.29, 0.717) is 23.5 Å². The Hall–Kier alpha value is -1.47. The minimum Gasteiger partial charge on any atom is -0.480 e. The number of carbonyl (C=O) groups excluding carboxylic acids is 2. The minimum absolute atomic E-state index is 0.0921. The zero-order valence-corrected chi connectivity index (χ0v) is 13.9. The summed E-state index contributed by atoms with van der Waals surface area (Å²) in [6.07, 6.45) is 2.39. The van der Waals surface area contributed by atoms with Crippen LogP contribution in [-0.4, -0.2) is 45.9 Å². The number of thioether (sulfide) groups is 2. The Morgan fingerprint density at radius 1 is 1.18 bits per heavy atom. The number of carbonyl (C=O) groups is 3. The van der Waals surface area contributed by atoms with Crippen LogP contribution in [0.25, 0.3) is 0 Å². The summed E-state index contributed by atoms with van der Waals surface area (Å²) in [5.41, 5.74) is 0.594. The van der Waals surface area contributed by atoms with Crippen molar-refractivity contribution in [2.75, 3.05) is 17.8 Å². The lowest BCUT2D eigenvalue weighted by atomic mass is 10.2. The number of nitrogens with one attached hydrogen (secondary N) is 1. The van der Waals surface area contributed by atoms with E-state index in [0.717, 1.165) is 11.8 Å². The molecule has 0 aliphatic carbocycles. The van der Waals surface area contributed by atoms with Gasteiger partial charge in [-0.1, -0.05) is 42.1 Å². The van der Waals surface area contributed by atoms with E-state index < -0.39 is 12.0 Å². The van der Waals surface area contributed by atoms with Gasteiger partial charge in [-0.05, 0) is 18.4 Å². The molecular weight excluding hydrogens is 322 g/mol. The Labute approximate surface area is 138 Å². The highest BCUT2D eigenvalue weighted by Crippen LogP contribution is 2.13. The molecule has 0 heterocycles. The monoisotopic (exact) mass is 341 g/mol. The maximum absolute atomic E-state index is 11.8. The van der Waals surface area contributed by atoms with Gasteiger partial charge in [0.25, 0.3) is 0 Å². The van der Waals surface area contributed by atoms with Crippen molar-refractivity contribution >= 4 is 40.5 Å². The second-order valence-corrected chi connectivity index (χ2v) is 6.55. The molecule has 0 unspecified atom stereocenters. The molecule has 0 radical (unpaired) electrons. The highest BCUT2D eigenvalue weighted by atomic mass is 32.2. The Morgan fingerprint density at radius 2 is 1.86 bits per heavy atom. The van der Waals surface area contributed by atoms with Gasteiger partial charge in [0.05, 0.1) is 0 Å². The Balaban J connectivity index is 2.33. The van der Waals surface area contributed by atoms with Crippen LogP contribution in [0.4, 0.5) is 0 Å². The molecule has 0 aliphatic rings. The second-order valence-electron chi connectivity index (χ2n) is 4.49. The van der Waals surface area contributed by atoms with Gasteiger partial charge in [-0.15, -0.1) is 0 Å². The zero-order valence-electron chi connectivity index (χ0n) is 12.3. The van der Waals surface area contributed by atoms with Crippen molar-refractivity contribution in [3.05, 3.63) is 35.9 Å². The van der Waals surface area contributed by atoms with Crippen molar-refractivity contribution in [3.63, 3.8) is 0 Å². The molecule has 0 aliphatic heterocycles. The number of aliphatic carboxylic acids is 1. The van der Waals surface area contributed by atoms with Crippen molar-refractivity contribution in [3.8, 4) is 0 Å². The fraction of sp³-hybridized carbons (Fsp3) is 0.400. The van der Waals surface area contributed by atoms with Gasteiger partial charge in [0.1, 0.15) is 6.04 Å². The van der Waals surface area contributed by atoms with Crippen molar-refractivity contribution < 1.29 is 19.5 Å². The number of carboxylic acid groups (broad SMARTS) is 1. The van der Waals surface area contributed by atoms with Gasteiger partial charge >= 0.3 is 5.97 Å². The van der Waals surface area contributed by atoms with E-state index in [-0.39, 0.29) is 17.4 Å². The number of rotatable bonds is 9. The van der Waals surface area contributed by atoms with Crippen LogP contribution in [-0.2, 0) is 9.59 Å². The minimum atomic E-state index is -1.03. The fourth-order valence-corrected chi connectivity index (χ4v) is 2.90. The summed E-state index contributed by atoms with van der Waals surface area (Å²) in [6.45, 7) is 0. The molecule has 1 rings (SSSR count). The van der Waals surface area contributed by atoms with Crippen LogP contribution in [0.15, 0.2) is 30.3 Å². The molecule has 0 spiro atoms. The van der Waals surface area contributed by atoms with Gasteiger partial charge in [-0.3, -0.25) is 9.59 Å². The van der Waals surface area contributed by atoms with Gasteiger partial charge in [-0.25, -0.2) is 4.79 Å². The third-order valence-corrected chi connectivity index (χ3v) is 4.37. The molecule has 0 saturated heterocycles. The predicted octanol–water partition coefficient (Wildman–Crippen LogP) is 2.27. The molecule has 1 aromatic carbocycles. The van der Waals surface area contributed by atoms with E-state index in [1.54, 1.807) is 24.3 Å². The molecule has 22 heavy (non-hydrogen) atoms. The summed E-state index contributed by atoms with van der Waals surface area (Å²) in [7, 11) is 0. The molecule has 1 amide bonds. The van der Waals surface area contributed by atoms with Crippen LogP contribution in [0.3, 0.4) is 0 Å². The molecule has 0 saturated carbocycles. The van der Waals surface area contributed by atoms with E-state index in [1.807, 2.05) is 12.3 Å². The maximum Gasteiger partial charge on any atom is 0.326 e. The quantitative estimate of drug-likeness (QED) is 0.717. The highest BCUT2D eigenvalue weighted by molar-refractivity contribution is 8.14. The maximum atomic E-state index is 11.8. The smallest absolute Gasteiger partial charge is 0.326 e. The normalized spacial score (nSPS) is 11.7. The Bertz CT molecular complexity index is 508. The second kappa shape index (κ2) is 10.3. The van der Waals surface area contributed by atoms with E-state index in [4.69, 9.17) is 5.11 Å². The third kappa shape index (κ3) is 7.00. The van der Waals surface area contributed by atoms with Crippen LogP contribution in [0.1, 0.15) is 23.2 Å². The van der Waals surface area contributed by atoms with Crippen LogP contribution >= 0.6 is 23.5 Å². The molecule has 7 heteroatoms. The van der Waals surface area contributed by atoms with Gasteiger partial charge in [0, 0.05) is 17.7 Å². The standard InChI is InChI=1S/C15H19NO4S2/c1-21-9-7-12(14(18)19)16-13(17)8-10-22-15(20)11-5-3-2-4-6-11/h2-6,12H,7-10H2,1H3,(H,16,17)(H,18,19)/t12-/m0/s1. The topological polar surface area (TPSA) is 83.5 Å². The molecule has 5 nitrogen and oxygen atoms in total. The van der Waals surface area contributed by atoms with Crippen LogP contribution in [0.2, 0.25) is 0 Å². The first kappa shape index (κ1) is 18.6. The van der Waals surface area contributed by atoms with Gasteiger partial charge < -0.3 is 10.4 Å². The Morgan fingerprint density at radius 3 is 2.45 bits per heavy atom. The summed E-state index contributed by atoms with van der Waals surface area (Å²) in [6, 6.07) is 7.97. The number of hydrogen-bond donors (Lipinski definition) is 2. The van der Waals surface area contributed by atoms with E-state index >= 15 is 0 Å². The first-order valence-electron chi connectivity index (χ1n) is 6.78. The number of hydrogen-bond acceptors (Lipinski definition) is 5. The molecule has 0 aromatic heterocycles. The van der Waals surface area contributed by atoms with E-state index in [9.17, 15) is 14.4 Å². The largest absolute Gasteiger partial charge is 0.480 e. The SMILES string of the molecule is CSCC[C@H](NC(=O)CCSC(=O)c1ccccc1)C(=O)O. The number of benzene rings is 1. The van der Waals surface area contributed by atoms with Gasteiger partial charge in [-0.2, -0.15) is 11.8 Å². The average Bonchev–Trinajstić information content (AvgIpc) is 2.51. The fourth-order valence-electron chi connectivity index (χ4n) is 1.65. The first-order chi connectivity index (χ1) is 10.5. The lowest BCUT2D eigenvalue weighted by molar-refractivity contribution is -0.141. The molecule has 0 fully saturated rings. The molecule has 0 bridgehead atoms. The van der Waals surface area contributed by atoms with E-state index in [1.165, 1.54) is 11.8 Å². The summed E-state index contributed by atoms with van der Waals surface area (Å²) < 4.78 is 0. The Kier molecular flexibility index (Phi) is 8.69. The van der Waals surface area contributed by atoms with Gasteiger partial charge in [0.15, 0.2) is 0 Å². The van der Waals surface area contributed by atoms with Crippen LogP contribution < -0.4 is 5.32 Å². The first-order valence-corrected chi connectivity index (χ1v) is 9.15. The molecule has 1 atom stereocenters. The van der Waals surface area contributed by atoms with Crippen molar-refractivity contribution in [2.45, 2.75) is 18.9 Å². The summed E-state index contributed by atoms with van der Waals surface area (Å²) in [5, 5.41) is 11.4. The number of amides is 1. The molecule has 2 N–H and O–H groups in total. The highest BCUT2D eigenvalue weighted by Gasteiger charge is 2.19. The summed E-state index contributed by atoms with van der Waals surface area (Å²) in [5.74, 6) is -0.385. The average molecular weight is 341 g/mol. The summed E-state index contributed by atoms with van der Waals surface area (Å²) in [4.78, 5) is 34.6. The lowest BCUT2D eigenvalue weighted by Crippen LogP contribution is -2.41. The van der Waals surface area contributed by atoms with Gasteiger partial charge in [0.2, 0.25) is 11.0 Å². The molecule has 1 aromatic rings. The number of carboxylic acids is 1. The van der Waals surface area contributed by atoms with Crippen molar-refractivity contribution in [1.82, 2.24) is 5.32 Å². The molecular formula is C15H19NO4S2. The summed E-state index contributed by atoms with van der Waals surface area (Å²) >= 11 is 2.59. The van der Waals surface area contributed by atoms with Crippen molar-refractivity contribution in [2.24, 2.45) is 0 Å². The van der Waals surface area contributed by atoms with E-state index in [2.05, 4.69) is 5.32 Å². The predicted molar refractivity (Wildman–Crippen MR) is 90.4 cm³/mol. The van der Waals surface area contributed by atoms with Crippen molar-refractivity contribution in [1.29, 1.82) is 0 Å².